The highest BCUT2D eigenvalue weighted by Crippen LogP contribution is 2.39. The second kappa shape index (κ2) is 6.64. The summed E-state index contributed by atoms with van der Waals surface area (Å²) in [6, 6.07) is 4.40. The van der Waals surface area contributed by atoms with Crippen LogP contribution in [-0.2, 0) is 11.2 Å². The van der Waals surface area contributed by atoms with Gasteiger partial charge in [0.15, 0.2) is 11.6 Å². The quantitative estimate of drug-likeness (QED) is 0.827. The van der Waals surface area contributed by atoms with Crippen LogP contribution in [-0.4, -0.2) is 25.3 Å². The van der Waals surface area contributed by atoms with E-state index in [9.17, 15) is 8.78 Å². The molecule has 0 heterocycles. The lowest BCUT2D eigenvalue weighted by Gasteiger charge is -2.47. The highest BCUT2D eigenvalue weighted by Gasteiger charge is 2.44. The summed E-state index contributed by atoms with van der Waals surface area (Å²) < 4.78 is 32.9. The molecule has 112 valence electrons. The maximum Gasteiger partial charge on any atom is 0.162 e. The zero-order chi connectivity index (χ0) is 14.6. The number of nitrogens with one attached hydrogen (secondary N) is 1. The molecule has 0 bridgehead atoms. The van der Waals surface area contributed by atoms with Crippen LogP contribution in [0.5, 0.6) is 0 Å². The van der Waals surface area contributed by atoms with Crippen molar-refractivity contribution in [2.45, 2.75) is 50.7 Å². The molecule has 1 fully saturated rings. The van der Waals surface area contributed by atoms with E-state index in [2.05, 4.69) is 12.2 Å². The lowest BCUT2D eigenvalue weighted by Crippen LogP contribution is -2.57. The molecule has 0 aliphatic heterocycles. The van der Waals surface area contributed by atoms with Crippen molar-refractivity contribution < 1.29 is 13.5 Å². The average molecular weight is 283 g/mol. The van der Waals surface area contributed by atoms with E-state index in [4.69, 9.17) is 4.74 Å². The Bertz CT molecular complexity index is 441. The Kier molecular flexibility index (Phi) is 5.11. The summed E-state index contributed by atoms with van der Waals surface area (Å²) in [5.41, 5.74) is 0.190. The van der Waals surface area contributed by atoms with Crippen LogP contribution in [0.2, 0.25) is 0 Å². The van der Waals surface area contributed by atoms with Crippen LogP contribution < -0.4 is 5.32 Å². The van der Waals surface area contributed by atoms with Gasteiger partial charge in [0.1, 0.15) is 0 Å². The SMILES string of the molecule is CCCNC(Cc1cccc(F)c1F)C1(OC)CCC1. The maximum atomic E-state index is 13.9. The molecule has 0 aromatic heterocycles. The topological polar surface area (TPSA) is 21.3 Å². The maximum absolute atomic E-state index is 13.9. The summed E-state index contributed by atoms with van der Waals surface area (Å²) >= 11 is 0. The van der Waals surface area contributed by atoms with E-state index in [1.807, 2.05) is 0 Å². The molecule has 0 amide bonds. The Morgan fingerprint density at radius 1 is 1.35 bits per heavy atom. The Morgan fingerprint density at radius 2 is 2.10 bits per heavy atom. The summed E-state index contributed by atoms with van der Waals surface area (Å²) in [6.07, 6.45) is 4.53. The Hall–Kier alpha value is -1.00. The molecule has 1 atom stereocenters. The van der Waals surface area contributed by atoms with Gasteiger partial charge in [-0.1, -0.05) is 19.1 Å². The first-order valence-electron chi connectivity index (χ1n) is 7.34. The molecule has 1 aromatic rings. The minimum Gasteiger partial charge on any atom is -0.377 e. The smallest absolute Gasteiger partial charge is 0.162 e. The van der Waals surface area contributed by atoms with Gasteiger partial charge in [-0.3, -0.25) is 0 Å². The molecule has 1 aliphatic carbocycles. The lowest BCUT2D eigenvalue weighted by molar-refractivity contribution is -0.0981. The van der Waals surface area contributed by atoms with Crippen LogP contribution in [0, 0.1) is 11.6 Å². The van der Waals surface area contributed by atoms with E-state index in [0.29, 0.717) is 12.0 Å². The van der Waals surface area contributed by atoms with Gasteiger partial charge in [0.05, 0.1) is 5.60 Å². The van der Waals surface area contributed by atoms with E-state index in [1.54, 1.807) is 19.2 Å². The number of methoxy groups -OCH3 is 1. The van der Waals surface area contributed by atoms with E-state index in [-0.39, 0.29) is 11.6 Å². The van der Waals surface area contributed by atoms with Crippen molar-refractivity contribution in [3.63, 3.8) is 0 Å². The molecule has 0 saturated heterocycles. The van der Waals surface area contributed by atoms with Crippen molar-refractivity contribution in [1.82, 2.24) is 5.32 Å². The van der Waals surface area contributed by atoms with Crippen molar-refractivity contribution in [1.29, 1.82) is 0 Å². The lowest BCUT2D eigenvalue weighted by atomic mass is 9.72. The number of hydrogen-bond donors (Lipinski definition) is 1. The number of rotatable bonds is 7. The number of benzene rings is 1. The van der Waals surface area contributed by atoms with Gasteiger partial charge in [0.25, 0.3) is 0 Å². The first-order chi connectivity index (χ1) is 9.63. The Labute approximate surface area is 119 Å². The van der Waals surface area contributed by atoms with Crippen LogP contribution in [0.3, 0.4) is 0 Å². The predicted molar refractivity (Wildman–Crippen MR) is 75.7 cm³/mol. The molecule has 1 aromatic carbocycles. The first kappa shape index (κ1) is 15.4. The molecule has 20 heavy (non-hydrogen) atoms. The minimum absolute atomic E-state index is 0.0255. The Balaban J connectivity index is 2.17. The molecule has 1 aliphatic rings. The fourth-order valence-corrected chi connectivity index (χ4v) is 2.91. The monoisotopic (exact) mass is 283 g/mol. The molecule has 2 rings (SSSR count). The van der Waals surface area contributed by atoms with Gasteiger partial charge in [-0.15, -0.1) is 0 Å². The Morgan fingerprint density at radius 3 is 2.65 bits per heavy atom. The third-order valence-electron chi connectivity index (χ3n) is 4.34. The van der Waals surface area contributed by atoms with Crippen molar-refractivity contribution >= 4 is 0 Å². The van der Waals surface area contributed by atoms with Gasteiger partial charge in [0.2, 0.25) is 0 Å². The molecule has 2 nitrogen and oxygen atoms in total. The zero-order valence-electron chi connectivity index (χ0n) is 12.2. The molecule has 0 spiro atoms. The van der Waals surface area contributed by atoms with E-state index in [0.717, 1.165) is 38.3 Å². The van der Waals surface area contributed by atoms with Crippen molar-refractivity contribution in [3.8, 4) is 0 Å². The van der Waals surface area contributed by atoms with Crippen LogP contribution in [0.15, 0.2) is 18.2 Å². The third-order valence-corrected chi connectivity index (χ3v) is 4.34. The highest BCUT2D eigenvalue weighted by molar-refractivity contribution is 5.21. The van der Waals surface area contributed by atoms with Gasteiger partial charge in [-0.25, -0.2) is 8.78 Å². The molecule has 0 radical (unpaired) electrons. The fourth-order valence-electron chi connectivity index (χ4n) is 2.91. The molecule has 1 unspecified atom stereocenters. The van der Waals surface area contributed by atoms with Crippen LogP contribution in [0.25, 0.3) is 0 Å². The average Bonchev–Trinajstić information content (AvgIpc) is 2.40. The second-order valence-electron chi connectivity index (χ2n) is 5.55. The number of halogens is 2. The van der Waals surface area contributed by atoms with Crippen LogP contribution in [0.4, 0.5) is 8.78 Å². The van der Waals surface area contributed by atoms with E-state index >= 15 is 0 Å². The van der Waals surface area contributed by atoms with Gasteiger partial charge < -0.3 is 10.1 Å². The summed E-state index contributed by atoms with van der Waals surface area (Å²) in [5.74, 6) is -1.52. The predicted octanol–water partition coefficient (Wildman–Crippen LogP) is 3.44. The highest BCUT2D eigenvalue weighted by atomic mass is 19.2. The fraction of sp³-hybridized carbons (Fsp3) is 0.625. The molecule has 1 N–H and O–H groups in total. The van der Waals surface area contributed by atoms with E-state index < -0.39 is 11.6 Å². The standard InChI is InChI=1S/C16H23F2NO/c1-3-10-19-14(16(20-2)8-5-9-16)11-12-6-4-7-13(17)15(12)18/h4,6-7,14,19H,3,5,8-11H2,1-2H3. The van der Waals surface area contributed by atoms with Gasteiger partial charge in [-0.05, 0) is 50.3 Å². The summed E-state index contributed by atoms with van der Waals surface area (Å²) in [4.78, 5) is 0. The molecular weight excluding hydrogens is 260 g/mol. The molecular formula is C16H23F2NO. The molecule has 4 heteroatoms. The van der Waals surface area contributed by atoms with Gasteiger partial charge >= 0.3 is 0 Å². The normalized spacial score (nSPS) is 18.6. The third kappa shape index (κ3) is 3.01. The van der Waals surface area contributed by atoms with Crippen molar-refractivity contribution in [2.75, 3.05) is 13.7 Å². The van der Waals surface area contributed by atoms with Gasteiger partial charge in [0, 0.05) is 13.2 Å². The first-order valence-corrected chi connectivity index (χ1v) is 7.34. The van der Waals surface area contributed by atoms with E-state index in [1.165, 1.54) is 0 Å². The summed E-state index contributed by atoms with van der Waals surface area (Å²) in [6.45, 7) is 2.94. The summed E-state index contributed by atoms with van der Waals surface area (Å²) in [5, 5.41) is 3.44. The summed E-state index contributed by atoms with van der Waals surface area (Å²) in [7, 11) is 1.71. The van der Waals surface area contributed by atoms with Crippen molar-refractivity contribution in [2.24, 2.45) is 0 Å². The van der Waals surface area contributed by atoms with Gasteiger partial charge in [-0.2, -0.15) is 0 Å². The van der Waals surface area contributed by atoms with Crippen LogP contribution >= 0.6 is 0 Å². The largest absolute Gasteiger partial charge is 0.377 e. The van der Waals surface area contributed by atoms with Crippen LogP contribution in [0.1, 0.15) is 38.2 Å². The second-order valence-corrected chi connectivity index (χ2v) is 5.55. The molecule has 1 saturated carbocycles. The van der Waals surface area contributed by atoms with Crippen molar-refractivity contribution in [3.05, 3.63) is 35.4 Å². The minimum atomic E-state index is -0.781. The number of ether oxygens (including phenoxy) is 1. The zero-order valence-corrected chi connectivity index (χ0v) is 12.2. The number of hydrogen-bond acceptors (Lipinski definition) is 2.